The van der Waals surface area contributed by atoms with Crippen LogP contribution in [0.1, 0.15) is 25.8 Å². The Morgan fingerprint density at radius 3 is 2.00 bits per heavy atom. The van der Waals surface area contributed by atoms with E-state index in [9.17, 15) is 0 Å². The summed E-state index contributed by atoms with van der Waals surface area (Å²) in [6, 6.07) is 3.65. The molecule has 0 unspecified atom stereocenters. The van der Waals surface area contributed by atoms with E-state index in [1.807, 2.05) is 14.1 Å². The van der Waals surface area contributed by atoms with Crippen molar-refractivity contribution in [3.8, 4) is 28.6 Å². The van der Waals surface area contributed by atoms with Gasteiger partial charge in [0.15, 0.2) is 11.5 Å². The number of ether oxygens (including phenoxy) is 3. The number of rotatable bonds is 7. The smallest absolute Gasteiger partial charge is 0.244 e. The van der Waals surface area contributed by atoms with E-state index in [1.54, 1.807) is 33.5 Å². The van der Waals surface area contributed by atoms with Crippen LogP contribution < -0.4 is 14.2 Å². The maximum absolute atomic E-state index is 5.49. The van der Waals surface area contributed by atoms with E-state index in [1.165, 1.54) is 0 Å². The van der Waals surface area contributed by atoms with Crippen LogP contribution in [0.3, 0.4) is 0 Å². The van der Waals surface area contributed by atoms with Crippen molar-refractivity contribution in [2.24, 2.45) is 5.92 Å². The first-order valence-corrected chi connectivity index (χ1v) is 7.73. The molecule has 0 aliphatic rings. The van der Waals surface area contributed by atoms with Crippen LogP contribution in [0.5, 0.6) is 17.2 Å². The fraction of sp³-hybridized carbons (Fsp3) is 0.529. The largest absolute Gasteiger partial charge is 0.493 e. The van der Waals surface area contributed by atoms with E-state index in [0.29, 0.717) is 34.9 Å². The van der Waals surface area contributed by atoms with Gasteiger partial charge in [0.25, 0.3) is 0 Å². The van der Waals surface area contributed by atoms with Gasteiger partial charge in [0, 0.05) is 5.56 Å². The molecule has 0 aliphatic carbocycles. The molecule has 7 nitrogen and oxygen atoms in total. The highest BCUT2D eigenvalue weighted by Gasteiger charge is 2.25. The first-order chi connectivity index (χ1) is 11.4. The second-order valence-corrected chi connectivity index (χ2v) is 6.02. The normalized spacial score (nSPS) is 12.5. The molecule has 0 saturated heterocycles. The average Bonchev–Trinajstić information content (AvgIpc) is 3.01. The Balaban J connectivity index is 2.46. The molecule has 0 radical (unpaired) electrons. The van der Waals surface area contributed by atoms with Crippen molar-refractivity contribution in [1.82, 2.24) is 15.0 Å². The third-order valence-electron chi connectivity index (χ3n) is 3.81. The Hall–Kier alpha value is -2.28. The summed E-state index contributed by atoms with van der Waals surface area (Å²) < 4.78 is 21.6. The van der Waals surface area contributed by atoms with Gasteiger partial charge in [0.2, 0.25) is 17.5 Å². The Kier molecular flexibility index (Phi) is 5.66. The summed E-state index contributed by atoms with van der Waals surface area (Å²) in [6.07, 6.45) is 0. The molecule has 0 aliphatic heterocycles. The lowest BCUT2D eigenvalue weighted by Gasteiger charge is -2.23. The molecule has 0 N–H and O–H groups in total. The predicted octanol–water partition coefficient (Wildman–Crippen LogP) is 3.02. The highest BCUT2D eigenvalue weighted by Crippen LogP contribution is 2.40. The van der Waals surface area contributed by atoms with Gasteiger partial charge in [-0.3, -0.25) is 4.90 Å². The predicted molar refractivity (Wildman–Crippen MR) is 90.7 cm³/mol. The summed E-state index contributed by atoms with van der Waals surface area (Å²) in [4.78, 5) is 6.62. The van der Waals surface area contributed by atoms with Gasteiger partial charge >= 0.3 is 0 Å². The standard InChI is InChI=1S/C17H25N3O4/c1-10(2)14(20(3)4)17-18-16(19-24-17)11-8-12(21-5)15(23-7)13(9-11)22-6/h8-10,14H,1-7H3/t14-/m0/s1. The van der Waals surface area contributed by atoms with Gasteiger partial charge in [-0.25, -0.2) is 0 Å². The molecule has 7 heteroatoms. The number of nitrogens with zero attached hydrogens (tertiary/aromatic N) is 3. The summed E-state index contributed by atoms with van der Waals surface area (Å²) in [5.74, 6) is 3.03. The SMILES string of the molecule is COc1cc(-c2noc([C@H](C(C)C)N(C)C)n2)cc(OC)c1OC. The number of hydrogen-bond acceptors (Lipinski definition) is 7. The maximum atomic E-state index is 5.49. The van der Waals surface area contributed by atoms with E-state index >= 15 is 0 Å². The molecule has 2 aromatic rings. The second-order valence-electron chi connectivity index (χ2n) is 6.02. The lowest BCUT2D eigenvalue weighted by Crippen LogP contribution is -2.24. The first-order valence-electron chi connectivity index (χ1n) is 7.73. The summed E-state index contributed by atoms with van der Waals surface area (Å²) in [5.41, 5.74) is 0.737. The third-order valence-corrected chi connectivity index (χ3v) is 3.81. The summed E-state index contributed by atoms with van der Waals surface area (Å²) in [5, 5.41) is 4.11. The van der Waals surface area contributed by atoms with Gasteiger partial charge in [-0.2, -0.15) is 4.98 Å². The van der Waals surface area contributed by atoms with Crippen molar-refractivity contribution in [3.63, 3.8) is 0 Å². The minimum Gasteiger partial charge on any atom is -0.493 e. The van der Waals surface area contributed by atoms with Gasteiger partial charge in [0.05, 0.1) is 27.4 Å². The zero-order chi connectivity index (χ0) is 17.9. The Morgan fingerprint density at radius 1 is 1.00 bits per heavy atom. The first kappa shape index (κ1) is 18.1. The molecule has 132 valence electrons. The fourth-order valence-electron chi connectivity index (χ4n) is 2.79. The van der Waals surface area contributed by atoms with Gasteiger partial charge in [0.1, 0.15) is 0 Å². The number of aromatic nitrogens is 2. The maximum Gasteiger partial charge on any atom is 0.244 e. The van der Waals surface area contributed by atoms with Crippen LogP contribution in [0.2, 0.25) is 0 Å². The lowest BCUT2D eigenvalue weighted by atomic mass is 10.0. The van der Waals surface area contributed by atoms with E-state index in [2.05, 4.69) is 28.9 Å². The Bertz CT molecular complexity index is 649. The monoisotopic (exact) mass is 335 g/mol. The van der Waals surface area contributed by atoms with Gasteiger partial charge in [-0.1, -0.05) is 19.0 Å². The molecule has 1 aromatic heterocycles. The van der Waals surface area contributed by atoms with E-state index in [4.69, 9.17) is 18.7 Å². The highest BCUT2D eigenvalue weighted by molar-refractivity contribution is 5.66. The second kappa shape index (κ2) is 7.53. The molecule has 1 aromatic carbocycles. The molecule has 24 heavy (non-hydrogen) atoms. The van der Waals surface area contributed by atoms with Crippen molar-refractivity contribution in [3.05, 3.63) is 18.0 Å². The topological polar surface area (TPSA) is 69.9 Å². The molecule has 0 saturated carbocycles. The lowest BCUT2D eigenvalue weighted by molar-refractivity contribution is 0.181. The zero-order valence-electron chi connectivity index (χ0n) is 15.3. The highest BCUT2D eigenvalue weighted by atomic mass is 16.5. The van der Waals surface area contributed by atoms with Crippen LogP contribution in [-0.2, 0) is 0 Å². The number of methoxy groups -OCH3 is 3. The summed E-state index contributed by atoms with van der Waals surface area (Å²) in [6.45, 7) is 4.24. The molecular weight excluding hydrogens is 310 g/mol. The van der Waals surface area contributed by atoms with Crippen LogP contribution in [0.25, 0.3) is 11.4 Å². The molecular formula is C17H25N3O4. The van der Waals surface area contributed by atoms with Crippen molar-refractivity contribution in [2.75, 3.05) is 35.4 Å². The van der Waals surface area contributed by atoms with Crippen LogP contribution in [-0.4, -0.2) is 50.5 Å². The van der Waals surface area contributed by atoms with Crippen LogP contribution in [0.15, 0.2) is 16.7 Å². The van der Waals surface area contributed by atoms with Gasteiger partial charge in [-0.05, 0) is 32.1 Å². The van der Waals surface area contributed by atoms with E-state index < -0.39 is 0 Å². The minimum absolute atomic E-state index is 0.0493. The Morgan fingerprint density at radius 2 is 1.58 bits per heavy atom. The fourth-order valence-corrected chi connectivity index (χ4v) is 2.79. The summed E-state index contributed by atoms with van der Waals surface area (Å²) in [7, 11) is 8.70. The van der Waals surface area contributed by atoms with Crippen molar-refractivity contribution in [1.29, 1.82) is 0 Å². The molecule has 0 bridgehead atoms. The van der Waals surface area contributed by atoms with E-state index in [0.717, 1.165) is 5.56 Å². The molecule has 2 rings (SSSR count). The van der Waals surface area contributed by atoms with Crippen LogP contribution in [0, 0.1) is 5.92 Å². The van der Waals surface area contributed by atoms with Gasteiger partial charge in [-0.15, -0.1) is 0 Å². The quantitative estimate of drug-likeness (QED) is 0.770. The number of benzene rings is 1. The molecule has 0 fully saturated rings. The molecule has 0 amide bonds. The van der Waals surface area contributed by atoms with E-state index in [-0.39, 0.29) is 6.04 Å². The average molecular weight is 335 g/mol. The van der Waals surface area contributed by atoms with Crippen molar-refractivity contribution < 1.29 is 18.7 Å². The van der Waals surface area contributed by atoms with Gasteiger partial charge < -0.3 is 18.7 Å². The van der Waals surface area contributed by atoms with Crippen LogP contribution in [0.4, 0.5) is 0 Å². The zero-order valence-corrected chi connectivity index (χ0v) is 15.3. The molecule has 0 spiro atoms. The van der Waals surface area contributed by atoms with Crippen LogP contribution >= 0.6 is 0 Å². The third kappa shape index (κ3) is 3.46. The molecule has 1 atom stereocenters. The molecule has 1 heterocycles. The van der Waals surface area contributed by atoms with Crippen molar-refractivity contribution in [2.45, 2.75) is 19.9 Å². The Labute approximate surface area is 142 Å². The minimum atomic E-state index is 0.0493. The number of hydrogen-bond donors (Lipinski definition) is 0. The van der Waals surface area contributed by atoms with Crippen molar-refractivity contribution >= 4 is 0 Å². The summed E-state index contributed by atoms with van der Waals surface area (Å²) >= 11 is 0.